The van der Waals surface area contributed by atoms with E-state index in [1.54, 1.807) is 18.0 Å². The van der Waals surface area contributed by atoms with Crippen LogP contribution in [-0.4, -0.2) is 82.6 Å². The third-order valence-corrected chi connectivity index (χ3v) is 18.6. The van der Waals surface area contributed by atoms with E-state index in [-0.39, 0.29) is 39.4 Å². The van der Waals surface area contributed by atoms with Gasteiger partial charge in [0.15, 0.2) is 16.2 Å². The molecule has 1 saturated carbocycles. The van der Waals surface area contributed by atoms with Gasteiger partial charge in [0.1, 0.15) is 16.6 Å². The van der Waals surface area contributed by atoms with Gasteiger partial charge in [0.25, 0.3) is 11.9 Å². The Hall–Kier alpha value is -5.54. The van der Waals surface area contributed by atoms with Gasteiger partial charge in [0, 0.05) is 60.1 Å². The molecule has 11 rings (SSSR count). The summed E-state index contributed by atoms with van der Waals surface area (Å²) in [5.74, 6) is 0.361. The third kappa shape index (κ3) is 8.41. The number of oxazole rings is 1. The number of anilines is 3. The summed E-state index contributed by atoms with van der Waals surface area (Å²) in [5, 5.41) is 18.9. The number of carbonyl (C=O) groups is 3. The Morgan fingerprint density at radius 3 is 2.61 bits per heavy atom. The van der Waals surface area contributed by atoms with Crippen molar-refractivity contribution in [3.63, 3.8) is 0 Å². The molecule has 3 N–H and O–H groups in total. The number of fused-ring (bicyclic) bond motifs is 4. The molecule has 1 aliphatic carbocycles. The van der Waals surface area contributed by atoms with Crippen LogP contribution in [0.15, 0.2) is 89.9 Å². The summed E-state index contributed by atoms with van der Waals surface area (Å²) in [4.78, 5) is 48.8. The second kappa shape index (κ2) is 18.9. The number of halogens is 1. The van der Waals surface area contributed by atoms with Crippen molar-refractivity contribution in [2.45, 2.75) is 108 Å². The lowest BCUT2D eigenvalue weighted by atomic mass is 9.57. The summed E-state index contributed by atoms with van der Waals surface area (Å²) in [6.45, 7) is 17.2. The van der Waals surface area contributed by atoms with Crippen molar-refractivity contribution >= 4 is 91.9 Å². The number of carbonyl (C=O) groups excluding carboxylic acids is 2. The van der Waals surface area contributed by atoms with Crippen LogP contribution in [0.1, 0.15) is 110 Å². The van der Waals surface area contributed by atoms with Gasteiger partial charge in [-0.25, -0.2) is 9.10 Å². The van der Waals surface area contributed by atoms with Crippen LogP contribution in [0.2, 0.25) is 5.02 Å². The Morgan fingerprint density at radius 1 is 1.09 bits per heavy atom. The van der Waals surface area contributed by atoms with E-state index in [1.807, 2.05) is 49.2 Å². The fraction of sp³-hybridized carbons (Fsp3) is 0.418. The van der Waals surface area contributed by atoms with E-state index in [2.05, 4.69) is 96.6 Å². The predicted molar refractivity (Wildman–Crippen MR) is 284 cm³/mol. The van der Waals surface area contributed by atoms with Crippen molar-refractivity contribution in [2.24, 2.45) is 11.3 Å². The van der Waals surface area contributed by atoms with Gasteiger partial charge < -0.3 is 29.8 Å². The zero-order valence-electron chi connectivity index (χ0n) is 40.6. The number of aromatic carboxylic acids is 1. The Bertz CT molecular complexity index is 3030. The van der Waals surface area contributed by atoms with Crippen LogP contribution in [0.3, 0.4) is 0 Å². The number of carboxylic acids is 1. The molecule has 0 radical (unpaired) electrons. The molecule has 2 bridgehead atoms. The van der Waals surface area contributed by atoms with Gasteiger partial charge in [0.05, 0.1) is 17.2 Å². The number of ether oxygens (including phenoxy) is 1. The summed E-state index contributed by atoms with van der Waals surface area (Å²) in [7, 11) is 1.62. The summed E-state index contributed by atoms with van der Waals surface area (Å²) in [6.07, 6.45) is 6.84. The van der Waals surface area contributed by atoms with E-state index in [0.29, 0.717) is 58.8 Å². The topological polar surface area (TPSA) is 140 Å². The molecule has 15 heteroatoms. The Balaban J connectivity index is 0.799. The van der Waals surface area contributed by atoms with Gasteiger partial charge in [0.2, 0.25) is 5.91 Å². The minimum atomic E-state index is -1.05. The molecule has 4 atom stereocenters. The number of hydrogen-bond acceptors (Lipinski definition) is 11. The molecule has 4 unspecified atom stereocenters. The number of nitrogens with one attached hydrogen (secondary N) is 2. The van der Waals surface area contributed by atoms with Gasteiger partial charge >= 0.3 is 5.97 Å². The van der Waals surface area contributed by atoms with Crippen molar-refractivity contribution < 1.29 is 28.6 Å². The number of benzene rings is 4. The van der Waals surface area contributed by atoms with E-state index >= 15 is 0 Å². The maximum absolute atomic E-state index is 13.9. The summed E-state index contributed by atoms with van der Waals surface area (Å²) >= 11 is 9.81. The Morgan fingerprint density at radius 2 is 1.87 bits per heavy atom. The zero-order chi connectivity index (χ0) is 49.2. The first-order valence-corrected chi connectivity index (χ1v) is 26.6. The third-order valence-electron chi connectivity index (χ3n) is 15.4. The van der Waals surface area contributed by atoms with E-state index in [9.17, 15) is 19.5 Å². The van der Waals surface area contributed by atoms with Crippen molar-refractivity contribution in [1.29, 1.82) is 0 Å². The van der Waals surface area contributed by atoms with Crippen LogP contribution in [0.25, 0.3) is 32.3 Å². The lowest BCUT2D eigenvalue weighted by molar-refractivity contribution is -0.122. The number of nitrogens with zero attached hydrogens (tertiary/aromatic N) is 4. The highest BCUT2D eigenvalue weighted by atomic mass is 35.5. The molecule has 12 nitrogen and oxygen atoms in total. The van der Waals surface area contributed by atoms with Crippen LogP contribution < -0.4 is 25.2 Å². The molecule has 6 heterocycles. The quantitative estimate of drug-likeness (QED) is 0.0630. The molecule has 6 aromatic rings. The number of likely N-dealkylation sites (N-methyl/N-ethyl adjacent to an activating group) is 1. The van der Waals surface area contributed by atoms with Crippen molar-refractivity contribution in [2.75, 3.05) is 41.9 Å². The normalized spacial score (nSPS) is 21.1. The highest BCUT2D eigenvalue weighted by Gasteiger charge is 2.59. The summed E-state index contributed by atoms with van der Waals surface area (Å²) < 4.78 is 14.7. The minimum Gasteiger partial charge on any atom is -0.490 e. The molecule has 4 aliphatic heterocycles. The molecular weight excluding hydrogens is 940 g/mol. The molecule has 366 valence electrons. The lowest BCUT2D eigenvalue weighted by Crippen LogP contribution is -2.69. The van der Waals surface area contributed by atoms with E-state index in [1.165, 1.54) is 11.1 Å². The molecule has 4 fully saturated rings. The number of thiophene rings is 1. The molecule has 5 aliphatic rings. The number of amides is 2. The Labute approximate surface area is 422 Å². The first-order chi connectivity index (χ1) is 33.6. The molecular formula is C55H61ClN6O6S2. The number of hydrogen-bond donors (Lipinski definition) is 3. The van der Waals surface area contributed by atoms with Gasteiger partial charge in [-0.3, -0.25) is 14.5 Å². The van der Waals surface area contributed by atoms with Crippen LogP contribution in [0, 0.1) is 11.3 Å². The molecule has 70 heavy (non-hydrogen) atoms. The fourth-order valence-corrected chi connectivity index (χ4v) is 14.8. The first kappa shape index (κ1) is 48.1. The Kier molecular flexibility index (Phi) is 13.0. The second-order valence-corrected chi connectivity index (χ2v) is 22.7. The van der Waals surface area contributed by atoms with Gasteiger partial charge in [-0.05, 0) is 135 Å². The van der Waals surface area contributed by atoms with Crippen LogP contribution in [0.5, 0.6) is 5.75 Å². The van der Waals surface area contributed by atoms with Gasteiger partial charge in [-0.15, -0.1) is 17.9 Å². The zero-order valence-corrected chi connectivity index (χ0v) is 43.0. The smallest absolute Gasteiger partial charge is 0.349 e. The number of rotatable bonds is 16. The van der Waals surface area contributed by atoms with E-state index in [0.717, 1.165) is 94.7 Å². The van der Waals surface area contributed by atoms with E-state index in [4.69, 9.17) is 25.7 Å². The highest BCUT2D eigenvalue weighted by molar-refractivity contribution is 7.96. The maximum Gasteiger partial charge on any atom is 0.349 e. The molecule has 3 saturated heterocycles. The van der Waals surface area contributed by atoms with Crippen LogP contribution in [-0.2, 0) is 10.5 Å². The molecule has 4 aromatic carbocycles. The SMILES string of the molecule is C=CCCC(C(=O)NC)N1C(=O)c2cccc3c(C4CCN(c5nc6cc(CSN7C8CC(Nc9cccc(-c%10sc(C(=O)O)c(OCC)c%10Cl)c9)C(CC8(C)C)C7(C)C)ccc6o5)CC4)ccc1c23. The molecule has 2 aromatic heterocycles. The molecule has 0 spiro atoms. The van der Waals surface area contributed by atoms with Crippen LogP contribution in [0.4, 0.5) is 17.4 Å². The monoisotopic (exact) mass is 1000 g/mol. The summed E-state index contributed by atoms with van der Waals surface area (Å²) in [5.41, 5.74) is 7.41. The maximum atomic E-state index is 13.9. The van der Waals surface area contributed by atoms with Gasteiger partial charge in [-0.2, -0.15) is 4.98 Å². The fourth-order valence-electron chi connectivity index (χ4n) is 11.9. The number of allylic oxidation sites excluding steroid dienone is 1. The average Bonchev–Trinajstić information content (AvgIpc) is 4.01. The number of carboxylic acid groups (broad SMARTS) is 1. The van der Waals surface area contributed by atoms with Crippen molar-refractivity contribution in [3.8, 4) is 16.2 Å². The van der Waals surface area contributed by atoms with E-state index < -0.39 is 12.0 Å². The highest BCUT2D eigenvalue weighted by Crippen LogP contribution is 2.57. The predicted octanol–water partition coefficient (Wildman–Crippen LogP) is 12.4. The average molecular weight is 1000 g/mol. The first-order valence-electron chi connectivity index (χ1n) is 24.5. The standard InChI is InChI=1S/C55H61ClN6O6S2/c1-8-10-17-42(50(63)57-7)61-41-20-19-35(36-15-12-16-37(45(36)41)51(61)64)32-22-24-60(25-23-32)53-59-40-26-31(18-21-43(40)68-53)30-69-62-44-28-39(38(55(62,5)6)29-54(44,3)4)58-34-14-11-13-33(27-34)48-46(56)47(67-9-2)49(70-48)52(65)66/h8,11-16,18-21,26-27,32,38-39,42,44,58H,1,9-10,17,22-25,28-30H2,2-7H3,(H,57,63)(H,65,66). The number of aromatic nitrogens is 1. The lowest BCUT2D eigenvalue weighted by Gasteiger charge is -2.65. The number of piperidine rings is 3. The minimum absolute atomic E-state index is 0.0960. The van der Waals surface area contributed by atoms with Crippen molar-refractivity contribution in [3.05, 3.63) is 112 Å². The van der Waals surface area contributed by atoms with Crippen LogP contribution >= 0.6 is 34.9 Å². The van der Waals surface area contributed by atoms with Crippen molar-refractivity contribution in [1.82, 2.24) is 14.6 Å². The van der Waals surface area contributed by atoms with Gasteiger partial charge in [-0.1, -0.05) is 79.9 Å². The second-order valence-electron chi connectivity index (χ2n) is 20.4. The largest absolute Gasteiger partial charge is 0.490 e. The summed E-state index contributed by atoms with van der Waals surface area (Å²) in [6, 6.07) is 25.3. The molecule has 2 amide bonds.